The largest absolute Gasteiger partial charge is 0.508 e. The topological polar surface area (TPSA) is 26.7 Å². The van der Waals surface area contributed by atoms with Crippen molar-refractivity contribution in [1.29, 1.82) is 0 Å². The first-order valence-corrected chi connectivity index (χ1v) is 7.18. The zero-order chi connectivity index (χ0) is 14.4. The Hall–Kier alpha value is -1.06. The third-order valence-electron chi connectivity index (χ3n) is 3.63. The summed E-state index contributed by atoms with van der Waals surface area (Å²) in [6.45, 7) is 8.82. The van der Waals surface area contributed by atoms with Crippen LogP contribution in [-0.2, 0) is 0 Å². The first-order chi connectivity index (χ1) is 8.99. The van der Waals surface area contributed by atoms with Crippen molar-refractivity contribution in [3.05, 3.63) is 29.8 Å². The van der Waals surface area contributed by atoms with E-state index in [-0.39, 0.29) is 0 Å². The highest BCUT2D eigenvalue weighted by molar-refractivity contribution is 5.28. The van der Waals surface area contributed by atoms with E-state index in [1.165, 1.54) is 5.56 Å². The van der Waals surface area contributed by atoms with E-state index in [0.717, 1.165) is 19.5 Å². The molecule has 1 aromatic rings. The Bertz CT molecular complexity index is 362. The van der Waals surface area contributed by atoms with Gasteiger partial charge < -0.3 is 10.0 Å². The molecule has 1 N–H and O–H groups in total. The van der Waals surface area contributed by atoms with E-state index in [1.807, 2.05) is 12.1 Å². The number of hydrogen-bond donors (Lipinski definition) is 1. The standard InChI is InChI=1S/C16H28N2O/c1-6-16(14-8-10-15(19)11-9-14)18(7-2)13(3)12-17(4)5/h8-11,13,16,19H,6-7,12H2,1-5H3. The first-order valence-electron chi connectivity index (χ1n) is 7.18. The molecular formula is C16H28N2O. The number of benzene rings is 1. The van der Waals surface area contributed by atoms with Gasteiger partial charge in [-0.1, -0.05) is 26.0 Å². The third kappa shape index (κ3) is 4.51. The maximum Gasteiger partial charge on any atom is 0.115 e. The molecule has 3 heteroatoms. The molecule has 0 saturated heterocycles. The van der Waals surface area contributed by atoms with Crippen molar-refractivity contribution in [3.8, 4) is 5.75 Å². The number of aromatic hydroxyl groups is 1. The molecule has 0 fully saturated rings. The maximum absolute atomic E-state index is 9.41. The molecule has 108 valence electrons. The van der Waals surface area contributed by atoms with Gasteiger partial charge in [0.2, 0.25) is 0 Å². The van der Waals surface area contributed by atoms with Crippen molar-refractivity contribution < 1.29 is 5.11 Å². The first kappa shape index (κ1) is 16.0. The Morgan fingerprint density at radius 2 is 1.68 bits per heavy atom. The molecule has 1 rings (SSSR count). The third-order valence-corrected chi connectivity index (χ3v) is 3.63. The van der Waals surface area contributed by atoms with Crippen LogP contribution in [0.5, 0.6) is 5.75 Å². The van der Waals surface area contributed by atoms with Crippen molar-refractivity contribution in [2.45, 2.75) is 39.3 Å². The quantitative estimate of drug-likeness (QED) is 0.819. The fraction of sp³-hybridized carbons (Fsp3) is 0.625. The average molecular weight is 264 g/mol. The zero-order valence-corrected chi connectivity index (χ0v) is 12.9. The van der Waals surface area contributed by atoms with Crippen LogP contribution in [0.2, 0.25) is 0 Å². The Morgan fingerprint density at radius 1 is 1.11 bits per heavy atom. The fourth-order valence-electron chi connectivity index (χ4n) is 2.83. The minimum atomic E-state index is 0.336. The average Bonchev–Trinajstić information content (AvgIpc) is 2.36. The van der Waals surface area contributed by atoms with E-state index in [1.54, 1.807) is 12.1 Å². The molecule has 0 aliphatic rings. The van der Waals surface area contributed by atoms with Gasteiger partial charge in [0.1, 0.15) is 5.75 Å². The monoisotopic (exact) mass is 264 g/mol. The Kier molecular flexibility index (Phi) is 6.32. The van der Waals surface area contributed by atoms with Gasteiger partial charge in [0.15, 0.2) is 0 Å². The van der Waals surface area contributed by atoms with Gasteiger partial charge in [-0.15, -0.1) is 0 Å². The van der Waals surface area contributed by atoms with E-state index in [4.69, 9.17) is 0 Å². The van der Waals surface area contributed by atoms with Crippen molar-refractivity contribution >= 4 is 0 Å². The molecule has 0 bridgehead atoms. The number of rotatable bonds is 7. The van der Waals surface area contributed by atoms with Gasteiger partial charge in [0.05, 0.1) is 0 Å². The van der Waals surface area contributed by atoms with Gasteiger partial charge in [-0.25, -0.2) is 0 Å². The zero-order valence-electron chi connectivity index (χ0n) is 12.9. The van der Waals surface area contributed by atoms with E-state index in [0.29, 0.717) is 17.8 Å². The molecule has 0 aliphatic carbocycles. The lowest BCUT2D eigenvalue weighted by Crippen LogP contribution is -2.42. The second-order valence-electron chi connectivity index (χ2n) is 5.46. The molecule has 1 aromatic carbocycles. The van der Waals surface area contributed by atoms with Crippen LogP contribution in [0.1, 0.15) is 38.8 Å². The number of phenolic OH excluding ortho intramolecular Hbond substituents is 1. The minimum absolute atomic E-state index is 0.336. The van der Waals surface area contributed by atoms with Gasteiger partial charge in [-0.2, -0.15) is 0 Å². The van der Waals surface area contributed by atoms with Crippen molar-refractivity contribution in [1.82, 2.24) is 9.80 Å². The van der Waals surface area contributed by atoms with Crippen LogP contribution in [-0.4, -0.2) is 48.1 Å². The van der Waals surface area contributed by atoms with Crippen LogP contribution in [0, 0.1) is 0 Å². The summed E-state index contributed by atoms with van der Waals surface area (Å²) in [6.07, 6.45) is 1.08. The van der Waals surface area contributed by atoms with Crippen LogP contribution in [0.4, 0.5) is 0 Å². The highest BCUT2D eigenvalue weighted by Crippen LogP contribution is 2.27. The van der Waals surface area contributed by atoms with E-state index in [9.17, 15) is 5.11 Å². The van der Waals surface area contributed by atoms with Gasteiger partial charge in [0.25, 0.3) is 0 Å². The lowest BCUT2D eigenvalue weighted by atomic mass is 10.0. The van der Waals surface area contributed by atoms with Gasteiger partial charge in [0, 0.05) is 18.6 Å². The second-order valence-corrected chi connectivity index (χ2v) is 5.46. The summed E-state index contributed by atoms with van der Waals surface area (Å²) in [7, 11) is 4.23. The summed E-state index contributed by atoms with van der Waals surface area (Å²) in [6, 6.07) is 8.56. The number of likely N-dealkylation sites (N-methyl/N-ethyl adjacent to an activating group) is 2. The Labute approximate surface area is 117 Å². The summed E-state index contributed by atoms with van der Waals surface area (Å²) in [5, 5.41) is 9.41. The molecule has 0 aliphatic heterocycles. The molecule has 0 aromatic heterocycles. The van der Waals surface area contributed by atoms with Crippen molar-refractivity contribution in [3.63, 3.8) is 0 Å². The van der Waals surface area contributed by atoms with Crippen LogP contribution < -0.4 is 0 Å². The van der Waals surface area contributed by atoms with Crippen molar-refractivity contribution in [2.75, 3.05) is 27.2 Å². The lowest BCUT2D eigenvalue weighted by molar-refractivity contribution is 0.124. The Morgan fingerprint density at radius 3 is 2.11 bits per heavy atom. The molecule has 0 spiro atoms. The molecule has 19 heavy (non-hydrogen) atoms. The molecule has 0 saturated carbocycles. The smallest absolute Gasteiger partial charge is 0.115 e. The van der Waals surface area contributed by atoms with Crippen molar-refractivity contribution in [2.24, 2.45) is 0 Å². The lowest BCUT2D eigenvalue weighted by Gasteiger charge is -2.36. The molecular weight excluding hydrogens is 236 g/mol. The molecule has 0 amide bonds. The Balaban J connectivity index is 2.88. The summed E-state index contributed by atoms with van der Waals surface area (Å²) >= 11 is 0. The fourth-order valence-corrected chi connectivity index (χ4v) is 2.83. The number of nitrogens with zero attached hydrogens (tertiary/aromatic N) is 2. The van der Waals surface area contributed by atoms with Crippen LogP contribution in [0.3, 0.4) is 0 Å². The summed E-state index contributed by atoms with van der Waals surface area (Å²) in [4.78, 5) is 4.77. The summed E-state index contributed by atoms with van der Waals surface area (Å²) in [5.74, 6) is 0.336. The summed E-state index contributed by atoms with van der Waals surface area (Å²) in [5.41, 5.74) is 1.28. The minimum Gasteiger partial charge on any atom is -0.508 e. The van der Waals surface area contributed by atoms with E-state index >= 15 is 0 Å². The van der Waals surface area contributed by atoms with E-state index < -0.39 is 0 Å². The predicted molar refractivity (Wildman–Crippen MR) is 81.5 cm³/mol. The molecule has 0 radical (unpaired) electrons. The second kappa shape index (κ2) is 7.51. The molecule has 3 nitrogen and oxygen atoms in total. The SMILES string of the molecule is CCC(c1ccc(O)cc1)N(CC)C(C)CN(C)C. The normalized spacial score (nSPS) is 14.9. The number of hydrogen-bond acceptors (Lipinski definition) is 3. The highest BCUT2D eigenvalue weighted by Gasteiger charge is 2.22. The van der Waals surface area contributed by atoms with Gasteiger partial charge >= 0.3 is 0 Å². The summed E-state index contributed by atoms with van der Waals surface area (Å²) < 4.78 is 0. The predicted octanol–water partition coefficient (Wildman–Crippen LogP) is 3.12. The van der Waals surface area contributed by atoms with Gasteiger partial charge in [-0.05, 0) is 51.7 Å². The number of phenols is 1. The van der Waals surface area contributed by atoms with E-state index in [2.05, 4.69) is 44.7 Å². The van der Waals surface area contributed by atoms with Gasteiger partial charge in [-0.3, -0.25) is 4.90 Å². The molecule has 0 heterocycles. The molecule has 2 unspecified atom stereocenters. The highest BCUT2D eigenvalue weighted by atomic mass is 16.3. The van der Waals surface area contributed by atoms with Crippen LogP contribution >= 0.6 is 0 Å². The van der Waals surface area contributed by atoms with Crippen LogP contribution in [0.25, 0.3) is 0 Å². The maximum atomic E-state index is 9.41. The van der Waals surface area contributed by atoms with Crippen LogP contribution in [0.15, 0.2) is 24.3 Å². The molecule has 2 atom stereocenters.